The molecule has 0 aliphatic heterocycles. The Kier molecular flexibility index (Phi) is 4.10. The molecule has 0 aromatic carbocycles. The first-order valence-electron chi connectivity index (χ1n) is 3.91. The molecule has 0 saturated heterocycles. The summed E-state index contributed by atoms with van der Waals surface area (Å²) in [6.45, 7) is 6.33. The number of carbonyl (C=O) groups excluding carboxylic acids is 1. The average molecular weight is 187 g/mol. The highest BCUT2D eigenvalue weighted by atomic mass is 16.6. The lowest BCUT2D eigenvalue weighted by atomic mass is 9.99. The minimum Gasteiger partial charge on any atom is -0.461 e. The Morgan fingerprint density at radius 1 is 1.77 bits per heavy atom. The van der Waals surface area contributed by atoms with Crippen molar-refractivity contribution in [2.75, 3.05) is 6.61 Å². The number of esters is 1. The van der Waals surface area contributed by atoms with E-state index in [1.54, 1.807) is 6.92 Å². The van der Waals surface area contributed by atoms with Gasteiger partial charge in [0.2, 0.25) is 0 Å². The van der Waals surface area contributed by atoms with Crippen LogP contribution >= 0.6 is 0 Å². The molecule has 0 bridgehead atoms. The second-order valence-electron chi connectivity index (χ2n) is 2.74. The molecule has 0 N–H and O–H groups in total. The quantitative estimate of drug-likeness (QED) is 0.280. The van der Waals surface area contributed by atoms with Crippen LogP contribution < -0.4 is 0 Å². The molecule has 0 rings (SSSR count). The summed E-state index contributed by atoms with van der Waals surface area (Å²) in [5, 5.41) is 10.6. The van der Waals surface area contributed by atoms with Gasteiger partial charge in [-0.1, -0.05) is 6.08 Å². The van der Waals surface area contributed by atoms with E-state index < -0.39 is 16.4 Å². The van der Waals surface area contributed by atoms with E-state index in [2.05, 4.69) is 11.3 Å². The second-order valence-corrected chi connectivity index (χ2v) is 2.74. The molecule has 0 radical (unpaired) electrons. The first kappa shape index (κ1) is 11.6. The van der Waals surface area contributed by atoms with E-state index in [9.17, 15) is 14.9 Å². The molecule has 13 heavy (non-hydrogen) atoms. The van der Waals surface area contributed by atoms with Gasteiger partial charge in [0.25, 0.3) is 0 Å². The Balaban J connectivity index is 4.67. The topological polar surface area (TPSA) is 69.4 Å². The van der Waals surface area contributed by atoms with Crippen LogP contribution in [-0.4, -0.2) is 23.0 Å². The summed E-state index contributed by atoms with van der Waals surface area (Å²) >= 11 is 0. The minimum atomic E-state index is -1.70. The molecule has 0 aliphatic rings. The van der Waals surface area contributed by atoms with Crippen molar-refractivity contribution < 1.29 is 14.5 Å². The fourth-order valence-electron chi connectivity index (χ4n) is 0.800. The molecule has 1 atom stereocenters. The maximum Gasteiger partial charge on any atom is 0.384 e. The molecule has 0 unspecified atom stereocenters. The molecule has 5 heteroatoms. The number of hydrogen-bond acceptors (Lipinski definition) is 4. The molecule has 0 heterocycles. The molecule has 74 valence electrons. The summed E-state index contributed by atoms with van der Waals surface area (Å²) < 4.78 is 4.59. The normalized spacial score (nSPS) is 14.3. The van der Waals surface area contributed by atoms with Crippen molar-refractivity contribution in [1.29, 1.82) is 0 Å². The van der Waals surface area contributed by atoms with Crippen LogP contribution in [0, 0.1) is 10.1 Å². The van der Waals surface area contributed by atoms with Crippen LogP contribution in [0.1, 0.15) is 20.3 Å². The Morgan fingerprint density at radius 2 is 2.31 bits per heavy atom. The van der Waals surface area contributed by atoms with Crippen LogP contribution in [0.2, 0.25) is 0 Å². The molecule has 0 aromatic rings. The van der Waals surface area contributed by atoms with E-state index in [1.165, 1.54) is 13.0 Å². The van der Waals surface area contributed by atoms with Gasteiger partial charge in [0.15, 0.2) is 0 Å². The zero-order valence-corrected chi connectivity index (χ0v) is 7.78. The van der Waals surface area contributed by atoms with E-state index in [0.717, 1.165) is 0 Å². The van der Waals surface area contributed by atoms with Crippen molar-refractivity contribution in [2.24, 2.45) is 0 Å². The van der Waals surface area contributed by atoms with Crippen LogP contribution in [0.5, 0.6) is 0 Å². The van der Waals surface area contributed by atoms with Crippen LogP contribution in [-0.2, 0) is 9.53 Å². The van der Waals surface area contributed by atoms with Crippen molar-refractivity contribution in [2.45, 2.75) is 25.8 Å². The van der Waals surface area contributed by atoms with Gasteiger partial charge < -0.3 is 4.74 Å². The van der Waals surface area contributed by atoms with Crippen molar-refractivity contribution in [1.82, 2.24) is 0 Å². The number of rotatable bonds is 5. The average Bonchev–Trinajstić information content (AvgIpc) is 2.04. The molecule has 0 saturated carbocycles. The van der Waals surface area contributed by atoms with Crippen LogP contribution in [0.3, 0.4) is 0 Å². The van der Waals surface area contributed by atoms with Gasteiger partial charge in [-0.05, 0) is 6.92 Å². The van der Waals surface area contributed by atoms with Crippen molar-refractivity contribution in [3.63, 3.8) is 0 Å². The third-order valence-corrected chi connectivity index (χ3v) is 1.66. The lowest BCUT2D eigenvalue weighted by Crippen LogP contribution is -2.44. The Morgan fingerprint density at radius 3 is 2.62 bits per heavy atom. The minimum absolute atomic E-state index is 0.0289. The van der Waals surface area contributed by atoms with E-state index in [4.69, 9.17) is 0 Å². The SMILES string of the molecule is C=CC[C@](C)(C(=O)OCC)[N+](=O)[O-]. The van der Waals surface area contributed by atoms with Crippen LogP contribution in [0.15, 0.2) is 12.7 Å². The maximum absolute atomic E-state index is 11.2. The Labute approximate surface area is 76.5 Å². The van der Waals surface area contributed by atoms with Crippen LogP contribution in [0.4, 0.5) is 0 Å². The molecule has 0 fully saturated rings. The summed E-state index contributed by atoms with van der Waals surface area (Å²) in [7, 11) is 0. The number of carbonyl (C=O) groups is 1. The molecule has 0 aromatic heterocycles. The van der Waals surface area contributed by atoms with Gasteiger partial charge in [-0.25, -0.2) is 4.79 Å². The fraction of sp³-hybridized carbons (Fsp3) is 0.625. The number of hydrogen-bond donors (Lipinski definition) is 0. The predicted octanol–water partition coefficient (Wildman–Crippen LogP) is 1.16. The van der Waals surface area contributed by atoms with Crippen molar-refractivity contribution in [3.8, 4) is 0 Å². The second kappa shape index (κ2) is 4.59. The van der Waals surface area contributed by atoms with Gasteiger partial charge in [0, 0.05) is 18.3 Å². The van der Waals surface area contributed by atoms with E-state index in [0.29, 0.717) is 0 Å². The molecular weight excluding hydrogens is 174 g/mol. The van der Waals surface area contributed by atoms with Gasteiger partial charge in [0.1, 0.15) is 0 Å². The van der Waals surface area contributed by atoms with Gasteiger partial charge in [-0.3, -0.25) is 10.1 Å². The van der Waals surface area contributed by atoms with Crippen molar-refractivity contribution in [3.05, 3.63) is 22.8 Å². The highest BCUT2D eigenvalue weighted by Crippen LogP contribution is 2.16. The zero-order valence-electron chi connectivity index (χ0n) is 7.78. The third kappa shape index (κ3) is 2.54. The van der Waals surface area contributed by atoms with Gasteiger partial charge in [-0.15, -0.1) is 6.58 Å². The predicted molar refractivity (Wildman–Crippen MR) is 46.8 cm³/mol. The van der Waals surface area contributed by atoms with E-state index >= 15 is 0 Å². The number of nitro groups is 1. The molecular formula is C8H13NO4. The first-order valence-corrected chi connectivity index (χ1v) is 3.91. The highest BCUT2D eigenvalue weighted by molar-refractivity contribution is 5.78. The monoisotopic (exact) mass is 187 g/mol. The summed E-state index contributed by atoms with van der Waals surface area (Å²) in [5.41, 5.74) is -1.70. The lowest BCUT2D eigenvalue weighted by Gasteiger charge is -2.16. The van der Waals surface area contributed by atoms with Gasteiger partial charge >= 0.3 is 11.5 Å². The summed E-state index contributed by atoms with van der Waals surface area (Å²) in [5.74, 6) is -0.820. The highest BCUT2D eigenvalue weighted by Gasteiger charge is 2.46. The molecule has 5 nitrogen and oxygen atoms in total. The molecule has 0 aliphatic carbocycles. The third-order valence-electron chi connectivity index (χ3n) is 1.66. The number of ether oxygens (including phenoxy) is 1. The standard InChI is InChI=1S/C8H13NO4/c1-4-6-8(3,9(11)12)7(10)13-5-2/h4H,1,5-6H2,2-3H3/t8-/m1/s1. The molecule has 0 amide bonds. The maximum atomic E-state index is 11.2. The Bertz CT molecular complexity index is 226. The molecule has 0 spiro atoms. The van der Waals surface area contributed by atoms with Gasteiger partial charge in [0.05, 0.1) is 6.61 Å². The van der Waals surface area contributed by atoms with Gasteiger partial charge in [-0.2, -0.15) is 0 Å². The number of nitrogens with zero attached hydrogens (tertiary/aromatic N) is 1. The van der Waals surface area contributed by atoms with Crippen molar-refractivity contribution >= 4 is 5.97 Å². The smallest absolute Gasteiger partial charge is 0.384 e. The summed E-state index contributed by atoms with van der Waals surface area (Å²) in [6.07, 6.45) is 1.30. The van der Waals surface area contributed by atoms with E-state index in [-0.39, 0.29) is 13.0 Å². The summed E-state index contributed by atoms with van der Waals surface area (Å²) in [4.78, 5) is 21.1. The summed E-state index contributed by atoms with van der Waals surface area (Å²) in [6, 6.07) is 0. The lowest BCUT2D eigenvalue weighted by molar-refractivity contribution is -0.550. The Hall–Kier alpha value is -1.39. The van der Waals surface area contributed by atoms with E-state index in [1.807, 2.05) is 0 Å². The first-order chi connectivity index (χ1) is 5.99. The zero-order chi connectivity index (χ0) is 10.5. The van der Waals surface area contributed by atoms with Crippen LogP contribution in [0.25, 0.3) is 0 Å². The fourth-order valence-corrected chi connectivity index (χ4v) is 0.800. The largest absolute Gasteiger partial charge is 0.461 e.